The van der Waals surface area contributed by atoms with Crippen LogP contribution in [0.1, 0.15) is 11.1 Å². The first kappa shape index (κ1) is 18.5. The van der Waals surface area contributed by atoms with Crippen molar-refractivity contribution < 1.29 is 5.11 Å². The zero-order valence-electron chi connectivity index (χ0n) is 11.6. The summed E-state index contributed by atoms with van der Waals surface area (Å²) in [6.45, 7) is 10.2. The Labute approximate surface area is 111 Å². The van der Waals surface area contributed by atoms with Gasteiger partial charge in [-0.15, -0.1) is 13.2 Å². The van der Waals surface area contributed by atoms with E-state index in [-0.39, 0.29) is 0 Å². The fourth-order valence-corrected chi connectivity index (χ4v) is 1.07. The van der Waals surface area contributed by atoms with Gasteiger partial charge in [0.1, 0.15) is 0 Å². The van der Waals surface area contributed by atoms with Crippen molar-refractivity contribution in [2.45, 2.75) is 13.8 Å². The van der Waals surface area contributed by atoms with Crippen molar-refractivity contribution in [1.29, 1.82) is 0 Å². The summed E-state index contributed by atoms with van der Waals surface area (Å²) in [7, 11) is 1.00. The predicted molar refractivity (Wildman–Crippen MR) is 81.8 cm³/mol. The van der Waals surface area contributed by atoms with Crippen molar-refractivity contribution in [2.75, 3.05) is 7.11 Å². The number of hydrogen-bond acceptors (Lipinski definition) is 1. The lowest BCUT2D eigenvalue weighted by Crippen LogP contribution is -1.62. The van der Waals surface area contributed by atoms with Crippen LogP contribution < -0.4 is 0 Å². The molecule has 1 nitrogen and oxygen atoms in total. The van der Waals surface area contributed by atoms with E-state index in [2.05, 4.69) is 51.3 Å². The molecule has 0 aliphatic carbocycles. The van der Waals surface area contributed by atoms with E-state index in [4.69, 9.17) is 5.11 Å². The molecule has 0 aliphatic rings. The maximum atomic E-state index is 7.00. The van der Waals surface area contributed by atoms with E-state index in [0.29, 0.717) is 0 Å². The molecule has 0 heterocycles. The van der Waals surface area contributed by atoms with Crippen LogP contribution in [0.15, 0.2) is 73.8 Å². The van der Waals surface area contributed by atoms with Gasteiger partial charge in [0, 0.05) is 7.11 Å². The molecule has 0 saturated heterocycles. The maximum absolute atomic E-state index is 7.00. The molecule has 1 heteroatoms. The highest BCUT2D eigenvalue weighted by Crippen LogP contribution is 1.92. The van der Waals surface area contributed by atoms with Crippen molar-refractivity contribution in [1.82, 2.24) is 0 Å². The van der Waals surface area contributed by atoms with E-state index >= 15 is 0 Å². The van der Waals surface area contributed by atoms with Crippen LogP contribution in [0, 0.1) is 13.8 Å². The molecule has 2 aromatic rings. The summed E-state index contributed by atoms with van der Waals surface area (Å²) in [6.07, 6.45) is 0. The van der Waals surface area contributed by atoms with Gasteiger partial charge in [-0.3, -0.25) is 0 Å². The smallest absolute Gasteiger partial charge is 0.0319 e. The zero-order chi connectivity index (χ0) is 14.2. The first-order valence-electron chi connectivity index (χ1n) is 5.77. The van der Waals surface area contributed by atoms with Gasteiger partial charge in [0.15, 0.2) is 0 Å². The number of aliphatic hydroxyl groups excluding tert-OH is 1. The average Bonchev–Trinajstić information content (AvgIpc) is 2.46. The van der Waals surface area contributed by atoms with Gasteiger partial charge in [0.05, 0.1) is 0 Å². The van der Waals surface area contributed by atoms with Gasteiger partial charge < -0.3 is 5.11 Å². The van der Waals surface area contributed by atoms with Crippen LogP contribution in [0.4, 0.5) is 0 Å². The molecule has 0 aromatic heterocycles. The molecule has 0 atom stereocenters. The zero-order valence-corrected chi connectivity index (χ0v) is 11.6. The molecule has 0 saturated carbocycles. The molecule has 98 valence electrons. The lowest BCUT2D eigenvalue weighted by Gasteiger charge is -1.82. The first-order chi connectivity index (χ1) is 8.79. The van der Waals surface area contributed by atoms with Crippen molar-refractivity contribution in [3.05, 3.63) is 84.9 Å². The van der Waals surface area contributed by atoms with Crippen molar-refractivity contribution in [3.63, 3.8) is 0 Å². The Morgan fingerprint density at radius 3 is 0.944 bits per heavy atom. The van der Waals surface area contributed by atoms with Gasteiger partial charge >= 0.3 is 0 Å². The van der Waals surface area contributed by atoms with E-state index < -0.39 is 0 Å². The maximum Gasteiger partial charge on any atom is 0.0319 e. The standard InChI is InChI=1S/2C7H8.C2H4.CH4O/c2*1-7-5-3-2-4-6-7;2*1-2/h2*2-6H,1H3;1-2H2;2H,1H3. The molecular weight excluding hydrogens is 220 g/mol. The summed E-state index contributed by atoms with van der Waals surface area (Å²) < 4.78 is 0. The highest BCUT2D eigenvalue weighted by atomic mass is 16.2. The highest BCUT2D eigenvalue weighted by molar-refractivity contribution is 5.12. The first-order valence-corrected chi connectivity index (χ1v) is 5.77. The lowest BCUT2D eigenvalue weighted by atomic mass is 10.2. The topological polar surface area (TPSA) is 20.2 Å². The van der Waals surface area contributed by atoms with E-state index in [1.807, 2.05) is 36.4 Å². The fraction of sp³-hybridized carbons (Fsp3) is 0.176. The Kier molecular flexibility index (Phi) is 15.6. The van der Waals surface area contributed by atoms with E-state index in [1.54, 1.807) is 0 Å². The minimum absolute atomic E-state index is 1.00. The lowest BCUT2D eigenvalue weighted by molar-refractivity contribution is 0.399. The van der Waals surface area contributed by atoms with Crippen LogP contribution in [0.2, 0.25) is 0 Å². The normalized spacial score (nSPS) is 7.33. The van der Waals surface area contributed by atoms with E-state index in [1.165, 1.54) is 11.1 Å². The summed E-state index contributed by atoms with van der Waals surface area (Å²) in [5.74, 6) is 0. The van der Waals surface area contributed by atoms with Crippen molar-refractivity contribution in [3.8, 4) is 0 Å². The molecule has 2 aromatic carbocycles. The summed E-state index contributed by atoms with van der Waals surface area (Å²) in [6, 6.07) is 20.5. The Morgan fingerprint density at radius 1 is 0.611 bits per heavy atom. The predicted octanol–water partition coefficient (Wildman–Crippen LogP) is 4.40. The number of hydrogen-bond donors (Lipinski definition) is 1. The van der Waals surface area contributed by atoms with Crippen LogP contribution in [0.5, 0.6) is 0 Å². The van der Waals surface area contributed by atoms with Gasteiger partial charge in [-0.2, -0.15) is 0 Å². The third kappa shape index (κ3) is 12.2. The molecule has 0 bridgehead atoms. The van der Waals surface area contributed by atoms with Crippen LogP contribution in [0.25, 0.3) is 0 Å². The SMILES string of the molecule is C=C.CO.Cc1ccccc1.Cc1ccccc1. The molecule has 0 spiro atoms. The number of benzene rings is 2. The third-order valence-corrected chi connectivity index (χ3v) is 1.88. The van der Waals surface area contributed by atoms with Gasteiger partial charge in [0.25, 0.3) is 0 Å². The summed E-state index contributed by atoms with van der Waals surface area (Å²) in [5.41, 5.74) is 2.64. The highest BCUT2D eigenvalue weighted by Gasteiger charge is 1.72. The second-order valence-corrected chi connectivity index (χ2v) is 3.31. The molecule has 0 unspecified atom stereocenters. The Bertz CT molecular complexity index is 316. The van der Waals surface area contributed by atoms with Crippen LogP contribution in [0.3, 0.4) is 0 Å². The largest absolute Gasteiger partial charge is 0.400 e. The quantitative estimate of drug-likeness (QED) is 0.681. The Balaban J connectivity index is 0. The van der Waals surface area contributed by atoms with Gasteiger partial charge in [0.2, 0.25) is 0 Å². The summed E-state index contributed by atoms with van der Waals surface area (Å²) in [5, 5.41) is 7.00. The number of aliphatic hydroxyl groups is 1. The Hall–Kier alpha value is -1.86. The molecular formula is C17H24O. The minimum atomic E-state index is 1.00. The molecule has 0 amide bonds. The second-order valence-electron chi connectivity index (χ2n) is 3.31. The second kappa shape index (κ2) is 15.1. The van der Waals surface area contributed by atoms with Crippen molar-refractivity contribution in [2.24, 2.45) is 0 Å². The van der Waals surface area contributed by atoms with Crippen LogP contribution in [-0.2, 0) is 0 Å². The molecule has 1 N–H and O–H groups in total. The van der Waals surface area contributed by atoms with Crippen LogP contribution in [-0.4, -0.2) is 12.2 Å². The van der Waals surface area contributed by atoms with Gasteiger partial charge in [-0.05, 0) is 13.8 Å². The molecule has 0 fully saturated rings. The molecule has 0 radical (unpaired) electrons. The van der Waals surface area contributed by atoms with Crippen molar-refractivity contribution >= 4 is 0 Å². The molecule has 0 aliphatic heterocycles. The third-order valence-electron chi connectivity index (χ3n) is 1.88. The van der Waals surface area contributed by atoms with Gasteiger partial charge in [-0.1, -0.05) is 71.8 Å². The van der Waals surface area contributed by atoms with E-state index in [0.717, 1.165) is 7.11 Å². The minimum Gasteiger partial charge on any atom is -0.400 e. The van der Waals surface area contributed by atoms with Gasteiger partial charge in [-0.25, -0.2) is 0 Å². The number of aryl methyl sites for hydroxylation is 2. The monoisotopic (exact) mass is 244 g/mol. The average molecular weight is 244 g/mol. The molecule has 2 rings (SSSR count). The summed E-state index contributed by atoms with van der Waals surface area (Å²) >= 11 is 0. The summed E-state index contributed by atoms with van der Waals surface area (Å²) in [4.78, 5) is 0. The number of rotatable bonds is 0. The molecule has 18 heavy (non-hydrogen) atoms. The van der Waals surface area contributed by atoms with Crippen LogP contribution >= 0.6 is 0 Å². The van der Waals surface area contributed by atoms with E-state index in [9.17, 15) is 0 Å². The fourth-order valence-electron chi connectivity index (χ4n) is 1.07. The Morgan fingerprint density at radius 2 is 0.833 bits per heavy atom.